The molecule has 0 atom stereocenters. The van der Waals surface area contributed by atoms with Crippen molar-refractivity contribution in [2.75, 3.05) is 18.9 Å². The fraction of sp³-hybridized carbons (Fsp3) is 0.154. The van der Waals surface area contributed by atoms with Gasteiger partial charge < -0.3 is 15.2 Å². The largest absolute Gasteiger partial charge is 0.486 e. The standard InChI is InChI=1S/C13H10N4O2/c14-6-9-7-16-13(17-12(9)15)8-1-2-10-11(5-8)19-4-3-18-10/h1-2,5,7H,3-4H2,(H2,15,16,17). The van der Waals surface area contributed by atoms with E-state index in [4.69, 9.17) is 20.5 Å². The topological polar surface area (TPSA) is 94.0 Å². The van der Waals surface area contributed by atoms with Crippen molar-refractivity contribution >= 4 is 5.82 Å². The van der Waals surface area contributed by atoms with Gasteiger partial charge in [0, 0.05) is 5.56 Å². The summed E-state index contributed by atoms with van der Waals surface area (Å²) in [5, 5.41) is 8.79. The summed E-state index contributed by atoms with van der Waals surface area (Å²) in [6.07, 6.45) is 1.41. The number of benzene rings is 1. The highest BCUT2D eigenvalue weighted by atomic mass is 16.6. The number of aromatic nitrogens is 2. The van der Waals surface area contributed by atoms with Crippen LogP contribution < -0.4 is 15.2 Å². The highest BCUT2D eigenvalue weighted by molar-refractivity contribution is 5.63. The molecule has 1 aliphatic heterocycles. The summed E-state index contributed by atoms with van der Waals surface area (Å²) < 4.78 is 10.9. The molecule has 94 valence electrons. The van der Waals surface area contributed by atoms with Crippen LogP contribution in [0.5, 0.6) is 11.5 Å². The Morgan fingerprint density at radius 3 is 2.74 bits per heavy atom. The molecule has 1 aliphatic rings. The molecule has 1 aromatic heterocycles. The van der Waals surface area contributed by atoms with E-state index in [0.717, 1.165) is 5.56 Å². The molecule has 3 rings (SSSR count). The first-order valence-electron chi connectivity index (χ1n) is 5.70. The molecule has 0 amide bonds. The van der Waals surface area contributed by atoms with Crippen LogP contribution in [-0.4, -0.2) is 23.2 Å². The smallest absolute Gasteiger partial charge is 0.162 e. The molecule has 19 heavy (non-hydrogen) atoms. The number of rotatable bonds is 1. The van der Waals surface area contributed by atoms with Gasteiger partial charge >= 0.3 is 0 Å². The van der Waals surface area contributed by atoms with E-state index in [0.29, 0.717) is 30.5 Å². The molecule has 0 radical (unpaired) electrons. The molecule has 0 aliphatic carbocycles. The molecule has 0 saturated heterocycles. The Kier molecular flexibility index (Phi) is 2.65. The van der Waals surface area contributed by atoms with E-state index in [1.54, 1.807) is 6.07 Å². The second-order valence-electron chi connectivity index (χ2n) is 3.96. The first-order valence-corrected chi connectivity index (χ1v) is 5.70. The van der Waals surface area contributed by atoms with Crippen LogP contribution in [0.1, 0.15) is 5.56 Å². The van der Waals surface area contributed by atoms with Gasteiger partial charge in [0.05, 0.1) is 6.20 Å². The predicted octanol–water partition coefficient (Wildman–Crippen LogP) is 1.37. The van der Waals surface area contributed by atoms with Crippen LogP contribution in [-0.2, 0) is 0 Å². The van der Waals surface area contributed by atoms with E-state index >= 15 is 0 Å². The first-order chi connectivity index (χ1) is 9.28. The van der Waals surface area contributed by atoms with E-state index in [1.165, 1.54) is 6.20 Å². The van der Waals surface area contributed by atoms with Crippen LogP contribution in [0.15, 0.2) is 24.4 Å². The lowest BCUT2D eigenvalue weighted by Crippen LogP contribution is -2.15. The lowest BCUT2D eigenvalue weighted by molar-refractivity contribution is 0.171. The normalized spacial score (nSPS) is 12.8. The Balaban J connectivity index is 2.03. The van der Waals surface area contributed by atoms with Gasteiger partial charge in [-0.3, -0.25) is 0 Å². The molecule has 2 aromatic rings. The number of ether oxygens (including phenoxy) is 2. The van der Waals surface area contributed by atoms with Crippen LogP contribution in [0, 0.1) is 11.3 Å². The highest BCUT2D eigenvalue weighted by Gasteiger charge is 2.14. The highest BCUT2D eigenvalue weighted by Crippen LogP contribution is 2.33. The van der Waals surface area contributed by atoms with Crippen molar-refractivity contribution in [1.29, 1.82) is 5.26 Å². The summed E-state index contributed by atoms with van der Waals surface area (Å²) in [5.41, 5.74) is 6.71. The Bertz CT molecular complexity index is 679. The maximum atomic E-state index is 8.79. The Labute approximate surface area is 109 Å². The third-order valence-corrected chi connectivity index (χ3v) is 2.74. The van der Waals surface area contributed by atoms with E-state index in [9.17, 15) is 0 Å². The minimum atomic E-state index is 0.169. The van der Waals surface area contributed by atoms with Gasteiger partial charge in [0.2, 0.25) is 0 Å². The summed E-state index contributed by atoms with van der Waals surface area (Å²) in [6.45, 7) is 1.07. The Morgan fingerprint density at radius 2 is 2.00 bits per heavy atom. The van der Waals surface area contributed by atoms with Crippen LogP contribution in [0.4, 0.5) is 5.82 Å². The van der Waals surface area contributed by atoms with Gasteiger partial charge in [-0.05, 0) is 18.2 Å². The summed E-state index contributed by atoms with van der Waals surface area (Å²) >= 11 is 0. The maximum Gasteiger partial charge on any atom is 0.162 e. The van der Waals surface area contributed by atoms with E-state index in [2.05, 4.69) is 9.97 Å². The Hall–Kier alpha value is -2.81. The number of nitriles is 1. The lowest BCUT2D eigenvalue weighted by atomic mass is 10.1. The van der Waals surface area contributed by atoms with E-state index < -0.39 is 0 Å². The van der Waals surface area contributed by atoms with Crippen molar-refractivity contribution in [2.45, 2.75) is 0 Å². The number of fused-ring (bicyclic) bond motifs is 1. The minimum Gasteiger partial charge on any atom is -0.486 e. The molecular formula is C13H10N4O2. The predicted molar refractivity (Wildman–Crippen MR) is 67.6 cm³/mol. The zero-order valence-electron chi connectivity index (χ0n) is 9.96. The molecule has 0 fully saturated rings. The number of hydrogen-bond acceptors (Lipinski definition) is 6. The molecule has 1 aromatic carbocycles. The van der Waals surface area contributed by atoms with E-state index in [1.807, 2.05) is 18.2 Å². The van der Waals surface area contributed by atoms with E-state index in [-0.39, 0.29) is 11.4 Å². The van der Waals surface area contributed by atoms with Gasteiger partial charge in [0.25, 0.3) is 0 Å². The third kappa shape index (κ3) is 2.02. The fourth-order valence-corrected chi connectivity index (χ4v) is 1.80. The second-order valence-corrected chi connectivity index (χ2v) is 3.96. The molecular weight excluding hydrogens is 244 g/mol. The van der Waals surface area contributed by atoms with Crippen molar-refractivity contribution in [2.24, 2.45) is 0 Å². The molecule has 0 spiro atoms. The van der Waals surface area contributed by atoms with Gasteiger partial charge in [-0.15, -0.1) is 0 Å². The summed E-state index contributed by atoms with van der Waals surface area (Å²) in [5.74, 6) is 1.99. The van der Waals surface area contributed by atoms with Crippen LogP contribution in [0.2, 0.25) is 0 Å². The van der Waals surface area contributed by atoms with Gasteiger partial charge in [0.15, 0.2) is 17.3 Å². The zero-order chi connectivity index (χ0) is 13.2. The monoisotopic (exact) mass is 254 g/mol. The van der Waals surface area contributed by atoms with Crippen molar-refractivity contribution in [1.82, 2.24) is 9.97 Å². The molecule has 6 heteroatoms. The minimum absolute atomic E-state index is 0.169. The number of anilines is 1. The van der Waals surface area contributed by atoms with Crippen molar-refractivity contribution < 1.29 is 9.47 Å². The van der Waals surface area contributed by atoms with Gasteiger partial charge in [-0.1, -0.05) is 0 Å². The Morgan fingerprint density at radius 1 is 1.21 bits per heavy atom. The van der Waals surface area contributed by atoms with Crippen LogP contribution >= 0.6 is 0 Å². The fourth-order valence-electron chi connectivity index (χ4n) is 1.80. The summed E-state index contributed by atoms with van der Waals surface area (Å²) in [7, 11) is 0. The molecule has 0 bridgehead atoms. The maximum absolute atomic E-state index is 8.79. The molecule has 6 nitrogen and oxygen atoms in total. The molecule has 2 heterocycles. The second kappa shape index (κ2) is 4.46. The molecule has 0 saturated carbocycles. The zero-order valence-corrected chi connectivity index (χ0v) is 9.96. The quantitative estimate of drug-likeness (QED) is 0.825. The summed E-state index contributed by atoms with van der Waals surface area (Å²) in [6, 6.07) is 7.36. The molecule has 0 unspecified atom stereocenters. The van der Waals surface area contributed by atoms with Crippen LogP contribution in [0.3, 0.4) is 0 Å². The average molecular weight is 254 g/mol. The van der Waals surface area contributed by atoms with Crippen molar-refractivity contribution in [3.8, 4) is 29.0 Å². The van der Waals surface area contributed by atoms with Crippen molar-refractivity contribution in [3.63, 3.8) is 0 Å². The summed E-state index contributed by atoms with van der Waals surface area (Å²) in [4.78, 5) is 8.23. The average Bonchev–Trinajstić information content (AvgIpc) is 2.46. The van der Waals surface area contributed by atoms with Crippen molar-refractivity contribution in [3.05, 3.63) is 30.0 Å². The van der Waals surface area contributed by atoms with Gasteiger partial charge in [0.1, 0.15) is 30.7 Å². The van der Waals surface area contributed by atoms with Gasteiger partial charge in [-0.2, -0.15) is 5.26 Å². The molecule has 2 N–H and O–H groups in total. The number of nitrogens with two attached hydrogens (primary N) is 1. The number of hydrogen-bond donors (Lipinski definition) is 1. The van der Waals surface area contributed by atoms with Gasteiger partial charge in [-0.25, -0.2) is 9.97 Å². The SMILES string of the molecule is N#Cc1cnc(-c2ccc3c(c2)OCCO3)nc1N. The third-order valence-electron chi connectivity index (χ3n) is 2.74. The first kappa shape index (κ1) is 11.3. The number of nitrogen functional groups attached to an aromatic ring is 1. The van der Waals surface area contributed by atoms with Crippen LogP contribution in [0.25, 0.3) is 11.4 Å². The number of nitrogens with zero attached hydrogens (tertiary/aromatic N) is 3. The lowest BCUT2D eigenvalue weighted by Gasteiger charge is -2.18.